The molecular weight excluding hydrogens is 156 g/mol. The summed E-state index contributed by atoms with van der Waals surface area (Å²) >= 11 is 0. The van der Waals surface area contributed by atoms with Crippen LogP contribution in [0.25, 0.3) is 0 Å². The molecule has 0 aromatic rings. The van der Waals surface area contributed by atoms with E-state index in [0.29, 0.717) is 0 Å². The Labute approximate surface area is 81.0 Å². The van der Waals surface area contributed by atoms with E-state index in [4.69, 9.17) is 0 Å². The molecule has 0 N–H and O–H groups in total. The second kappa shape index (κ2) is 3.53. The van der Waals surface area contributed by atoms with Gasteiger partial charge in [-0.1, -0.05) is 24.3 Å². The van der Waals surface area contributed by atoms with Crippen LogP contribution in [-0.2, 0) is 0 Å². The minimum Gasteiger partial charge on any atom is -0.103 e. The Bertz CT molecular complexity index is 212. The van der Waals surface area contributed by atoms with Crippen molar-refractivity contribution in [2.45, 2.75) is 19.3 Å². The van der Waals surface area contributed by atoms with Crippen molar-refractivity contribution in [3.05, 3.63) is 37.5 Å². The number of rotatable bonds is 4. The topological polar surface area (TPSA) is 0 Å². The van der Waals surface area contributed by atoms with Gasteiger partial charge in [0.05, 0.1) is 0 Å². The molecule has 0 spiro atoms. The largest absolute Gasteiger partial charge is 0.103 e. The number of allylic oxidation sites excluding steroid dienone is 4. The third kappa shape index (κ3) is 1.39. The number of hydrogen-bond donors (Lipinski definition) is 0. The molecule has 0 aliphatic heterocycles. The van der Waals surface area contributed by atoms with Crippen LogP contribution in [0.5, 0.6) is 0 Å². The van der Waals surface area contributed by atoms with Gasteiger partial charge < -0.3 is 0 Å². The highest BCUT2D eigenvalue weighted by molar-refractivity contribution is 5.14. The van der Waals surface area contributed by atoms with Crippen molar-refractivity contribution in [2.75, 3.05) is 0 Å². The zero-order valence-corrected chi connectivity index (χ0v) is 8.15. The van der Waals surface area contributed by atoms with Crippen LogP contribution in [0.1, 0.15) is 19.3 Å². The first-order chi connectivity index (χ1) is 6.36. The maximum absolute atomic E-state index is 3.85. The highest BCUT2D eigenvalue weighted by atomic mass is 14.5. The third-order valence-corrected chi connectivity index (χ3v) is 3.68. The second-order valence-electron chi connectivity index (χ2n) is 4.32. The SMILES string of the molecule is C=CCC1C2C=CC(C2)C1CC=C. The van der Waals surface area contributed by atoms with Gasteiger partial charge in [0, 0.05) is 0 Å². The van der Waals surface area contributed by atoms with E-state index in [1.54, 1.807) is 0 Å². The molecule has 1 fully saturated rings. The van der Waals surface area contributed by atoms with Crippen molar-refractivity contribution in [3.8, 4) is 0 Å². The molecule has 13 heavy (non-hydrogen) atoms. The Morgan fingerprint density at radius 2 is 1.46 bits per heavy atom. The first-order valence-electron chi connectivity index (χ1n) is 5.27. The van der Waals surface area contributed by atoms with Gasteiger partial charge in [0.25, 0.3) is 0 Å². The summed E-state index contributed by atoms with van der Waals surface area (Å²) in [5.41, 5.74) is 0. The lowest BCUT2D eigenvalue weighted by atomic mass is 9.79. The van der Waals surface area contributed by atoms with Crippen molar-refractivity contribution in [1.82, 2.24) is 0 Å². The van der Waals surface area contributed by atoms with Crippen LogP contribution in [0.2, 0.25) is 0 Å². The average Bonchev–Trinajstić information content (AvgIpc) is 2.69. The maximum atomic E-state index is 3.85. The van der Waals surface area contributed by atoms with Crippen LogP contribution < -0.4 is 0 Å². The van der Waals surface area contributed by atoms with Gasteiger partial charge in [-0.25, -0.2) is 0 Å². The Morgan fingerprint density at radius 3 is 1.85 bits per heavy atom. The molecule has 0 amide bonds. The minimum absolute atomic E-state index is 0.841. The third-order valence-electron chi connectivity index (χ3n) is 3.68. The van der Waals surface area contributed by atoms with Crippen molar-refractivity contribution < 1.29 is 0 Å². The van der Waals surface area contributed by atoms with Crippen LogP contribution in [0, 0.1) is 23.7 Å². The molecule has 2 aliphatic rings. The Morgan fingerprint density at radius 1 is 1.00 bits per heavy atom. The zero-order chi connectivity index (χ0) is 9.26. The fourth-order valence-corrected chi connectivity index (χ4v) is 3.11. The molecule has 2 aliphatic carbocycles. The van der Waals surface area contributed by atoms with Gasteiger partial charge in [-0.2, -0.15) is 0 Å². The summed E-state index contributed by atoms with van der Waals surface area (Å²) in [5, 5.41) is 0. The van der Waals surface area contributed by atoms with E-state index in [1.807, 2.05) is 0 Å². The van der Waals surface area contributed by atoms with Crippen molar-refractivity contribution in [1.29, 1.82) is 0 Å². The van der Waals surface area contributed by atoms with Gasteiger partial charge >= 0.3 is 0 Å². The zero-order valence-electron chi connectivity index (χ0n) is 8.15. The van der Waals surface area contributed by atoms with E-state index in [9.17, 15) is 0 Å². The highest BCUT2D eigenvalue weighted by Gasteiger charge is 2.42. The lowest BCUT2D eigenvalue weighted by Gasteiger charge is -2.26. The second-order valence-corrected chi connectivity index (χ2v) is 4.32. The molecule has 70 valence electrons. The van der Waals surface area contributed by atoms with E-state index in [0.717, 1.165) is 23.7 Å². The maximum Gasteiger partial charge on any atom is -0.0193 e. The van der Waals surface area contributed by atoms with E-state index in [2.05, 4.69) is 37.5 Å². The summed E-state index contributed by atoms with van der Waals surface area (Å²) in [6.45, 7) is 7.70. The average molecular weight is 174 g/mol. The van der Waals surface area contributed by atoms with Crippen LogP contribution in [0.4, 0.5) is 0 Å². The summed E-state index contributed by atoms with van der Waals surface area (Å²) in [6.07, 6.45) is 12.7. The molecule has 4 atom stereocenters. The van der Waals surface area contributed by atoms with Crippen molar-refractivity contribution in [2.24, 2.45) is 23.7 Å². The van der Waals surface area contributed by atoms with Crippen molar-refractivity contribution in [3.63, 3.8) is 0 Å². The molecular formula is C13H18. The summed E-state index contributed by atoms with van der Waals surface area (Å²) in [7, 11) is 0. The Balaban J connectivity index is 2.10. The molecule has 0 radical (unpaired) electrons. The van der Waals surface area contributed by atoms with Gasteiger partial charge in [0.15, 0.2) is 0 Å². The smallest absolute Gasteiger partial charge is 0.0193 e. The first kappa shape index (κ1) is 8.80. The van der Waals surface area contributed by atoms with E-state index in [-0.39, 0.29) is 0 Å². The molecule has 0 saturated heterocycles. The molecule has 0 aromatic heterocycles. The van der Waals surface area contributed by atoms with Gasteiger partial charge in [-0.3, -0.25) is 0 Å². The van der Waals surface area contributed by atoms with Gasteiger partial charge in [-0.05, 0) is 42.9 Å². The minimum atomic E-state index is 0.841. The van der Waals surface area contributed by atoms with E-state index >= 15 is 0 Å². The van der Waals surface area contributed by atoms with Crippen LogP contribution >= 0.6 is 0 Å². The summed E-state index contributed by atoms with van der Waals surface area (Å²) in [5.74, 6) is 3.39. The molecule has 1 saturated carbocycles. The molecule has 0 aromatic carbocycles. The molecule has 0 heteroatoms. The lowest BCUT2D eigenvalue weighted by molar-refractivity contribution is 0.315. The molecule has 4 unspecified atom stereocenters. The first-order valence-corrected chi connectivity index (χ1v) is 5.27. The number of fused-ring (bicyclic) bond motifs is 2. The Kier molecular flexibility index (Phi) is 2.39. The van der Waals surface area contributed by atoms with Gasteiger partial charge in [0.2, 0.25) is 0 Å². The highest BCUT2D eigenvalue weighted by Crippen LogP contribution is 2.50. The van der Waals surface area contributed by atoms with Gasteiger partial charge in [0.1, 0.15) is 0 Å². The van der Waals surface area contributed by atoms with Crippen LogP contribution in [-0.4, -0.2) is 0 Å². The number of hydrogen-bond acceptors (Lipinski definition) is 0. The van der Waals surface area contributed by atoms with E-state index < -0.39 is 0 Å². The van der Waals surface area contributed by atoms with E-state index in [1.165, 1.54) is 19.3 Å². The Hall–Kier alpha value is -0.780. The summed E-state index contributed by atoms with van der Waals surface area (Å²) < 4.78 is 0. The lowest BCUT2D eigenvalue weighted by Crippen LogP contribution is -2.18. The predicted molar refractivity (Wildman–Crippen MR) is 57.3 cm³/mol. The monoisotopic (exact) mass is 174 g/mol. The molecule has 0 heterocycles. The summed E-state index contributed by atoms with van der Waals surface area (Å²) in [6, 6.07) is 0. The molecule has 0 nitrogen and oxygen atoms in total. The normalized spacial score (nSPS) is 40.9. The quantitative estimate of drug-likeness (QED) is 0.571. The molecule has 2 rings (SSSR count). The van der Waals surface area contributed by atoms with Crippen LogP contribution in [0.15, 0.2) is 37.5 Å². The standard InChI is InChI=1S/C13H18/c1-3-5-12-10-7-8-11(9-10)13(12)6-4-2/h3-4,7-8,10-13H,1-2,5-6,9H2. The fraction of sp³-hybridized carbons (Fsp3) is 0.538. The van der Waals surface area contributed by atoms with Gasteiger partial charge in [-0.15, -0.1) is 13.2 Å². The van der Waals surface area contributed by atoms with Crippen LogP contribution in [0.3, 0.4) is 0 Å². The molecule has 2 bridgehead atoms. The summed E-state index contributed by atoms with van der Waals surface area (Å²) in [4.78, 5) is 0. The fourth-order valence-electron chi connectivity index (χ4n) is 3.11. The predicted octanol–water partition coefficient (Wildman–Crippen LogP) is 3.58. The van der Waals surface area contributed by atoms with Crippen molar-refractivity contribution >= 4 is 0 Å².